The zero-order valence-electron chi connectivity index (χ0n) is 11.5. The van der Waals surface area contributed by atoms with Crippen LogP contribution in [-0.4, -0.2) is 11.5 Å². The predicted molar refractivity (Wildman–Crippen MR) is 83.3 cm³/mol. The number of rotatable bonds is 2. The number of nitrogens with one attached hydrogen (secondary N) is 1. The molecule has 2 heterocycles. The molecule has 2 nitrogen and oxygen atoms in total. The Bertz CT molecular complexity index is 813. The minimum atomic E-state index is -1.12. The van der Waals surface area contributed by atoms with Gasteiger partial charge in [-0.15, -0.1) is 0 Å². The van der Waals surface area contributed by atoms with Crippen LogP contribution in [0.3, 0.4) is 0 Å². The van der Waals surface area contributed by atoms with E-state index in [1.165, 1.54) is 5.56 Å². The first-order valence-electron chi connectivity index (χ1n) is 7.17. The minimum Gasteiger partial charge on any atom is -0.384 e. The van der Waals surface area contributed by atoms with E-state index in [4.69, 9.17) is 0 Å². The smallest absolute Gasteiger partial charge is 0.152 e. The number of halogens is 1. The van der Waals surface area contributed by atoms with Gasteiger partial charge in [0.2, 0.25) is 0 Å². The summed E-state index contributed by atoms with van der Waals surface area (Å²) in [5.41, 5.74) is 4.48. The lowest BCUT2D eigenvalue weighted by atomic mass is 9.97. The molecule has 0 saturated carbocycles. The van der Waals surface area contributed by atoms with E-state index in [-0.39, 0.29) is 0 Å². The molecule has 0 radical (unpaired) electrons. The van der Waals surface area contributed by atoms with E-state index in [0.717, 1.165) is 35.1 Å². The highest BCUT2D eigenvalue weighted by Crippen LogP contribution is 2.36. The average Bonchev–Trinajstić information content (AvgIpc) is 3.02. The Morgan fingerprint density at radius 2 is 2.05 bits per heavy atom. The molecule has 1 atom stereocenters. The summed E-state index contributed by atoms with van der Waals surface area (Å²) in [5, 5.41) is 4.27. The number of hydrogen-bond acceptors (Lipinski definition) is 2. The van der Waals surface area contributed by atoms with Gasteiger partial charge in [-0.2, -0.15) is 0 Å². The van der Waals surface area contributed by atoms with Gasteiger partial charge in [0.25, 0.3) is 0 Å². The SMILES string of the molecule is FC(c1ccc2ncccc2c1)c1cccc2c1NCC2. The minimum absolute atomic E-state index is 0.678. The third-order valence-electron chi connectivity index (χ3n) is 4.07. The number of anilines is 1. The van der Waals surface area contributed by atoms with Crippen molar-refractivity contribution in [2.45, 2.75) is 12.6 Å². The van der Waals surface area contributed by atoms with Crippen LogP contribution in [-0.2, 0) is 6.42 Å². The summed E-state index contributed by atoms with van der Waals surface area (Å²) in [6.45, 7) is 0.890. The Hall–Kier alpha value is -2.42. The molecule has 0 amide bonds. The first-order valence-corrected chi connectivity index (χ1v) is 7.17. The highest BCUT2D eigenvalue weighted by molar-refractivity contribution is 5.79. The summed E-state index contributed by atoms with van der Waals surface area (Å²) in [4.78, 5) is 4.28. The molecule has 3 aromatic rings. The maximum Gasteiger partial charge on any atom is 0.152 e. The molecule has 2 aromatic carbocycles. The van der Waals surface area contributed by atoms with E-state index >= 15 is 0 Å². The van der Waals surface area contributed by atoms with Gasteiger partial charge >= 0.3 is 0 Å². The Morgan fingerprint density at radius 1 is 1.10 bits per heavy atom. The van der Waals surface area contributed by atoms with E-state index in [1.807, 2.05) is 42.5 Å². The average molecular weight is 278 g/mol. The summed E-state index contributed by atoms with van der Waals surface area (Å²) in [5.74, 6) is 0. The quantitative estimate of drug-likeness (QED) is 0.757. The normalized spacial score (nSPS) is 14.7. The third-order valence-corrected chi connectivity index (χ3v) is 4.07. The van der Waals surface area contributed by atoms with Gasteiger partial charge < -0.3 is 5.32 Å². The second kappa shape index (κ2) is 4.85. The van der Waals surface area contributed by atoms with E-state index in [2.05, 4.69) is 16.4 Å². The van der Waals surface area contributed by atoms with E-state index in [9.17, 15) is 4.39 Å². The number of hydrogen-bond donors (Lipinski definition) is 1. The number of nitrogens with zero attached hydrogens (tertiary/aromatic N) is 1. The summed E-state index contributed by atoms with van der Waals surface area (Å²) >= 11 is 0. The van der Waals surface area contributed by atoms with Crippen molar-refractivity contribution in [3.63, 3.8) is 0 Å². The van der Waals surface area contributed by atoms with E-state index in [1.54, 1.807) is 6.20 Å². The largest absolute Gasteiger partial charge is 0.384 e. The molecule has 3 heteroatoms. The Balaban J connectivity index is 1.80. The zero-order chi connectivity index (χ0) is 14.2. The van der Waals surface area contributed by atoms with Crippen LogP contribution in [0.25, 0.3) is 10.9 Å². The van der Waals surface area contributed by atoms with Crippen LogP contribution in [0.4, 0.5) is 10.1 Å². The zero-order valence-corrected chi connectivity index (χ0v) is 11.5. The number of fused-ring (bicyclic) bond motifs is 2. The second-order valence-electron chi connectivity index (χ2n) is 5.38. The van der Waals surface area contributed by atoms with E-state index < -0.39 is 6.17 Å². The second-order valence-corrected chi connectivity index (χ2v) is 5.38. The van der Waals surface area contributed by atoms with Crippen molar-refractivity contribution in [3.8, 4) is 0 Å². The molecule has 1 N–H and O–H groups in total. The van der Waals surface area contributed by atoms with Gasteiger partial charge in [-0.05, 0) is 35.7 Å². The molecule has 0 fully saturated rings. The summed E-state index contributed by atoms with van der Waals surface area (Å²) in [7, 11) is 0. The lowest BCUT2D eigenvalue weighted by Crippen LogP contribution is -2.00. The van der Waals surface area contributed by atoms with Crippen molar-refractivity contribution >= 4 is 16.6 Å². The van der Waals surface area contributed by atoms with Crippen LogP contribution >= 0.6 is 0 Å². The molecule has 1 aromatic heterocycles. The molecular formula is C18H15FN2. The number of benzene rings is 2. The molecule has 0 bridgehead atoms. The fourth-order valence-corrected chi connectivity index (χ4v) is 3.01. The lowest BCUT2D eigenvalue weighted by Gasteiger charge is -2.14. The summed E-state index contributed by atoms with van der Waals surface area (Å²) < 4.78 is 15.0. The van der Waals surface area contributed by atoms with Crippen LogP contribution in [0.2, 0.25) is 0 Å². The Morgan fingerprint density at radius 3 is 3.00 bits per heavy atom. The molecule has 1 aliphatic heterocycles. The van der Waals surface area contributed by atoms with Gasteiger partial charge in [0.1, 0.15) is 0 Å². The van der Waals surface area contributed by atoms with Gasteiger partial charge in [-0.3, -0.25) is 4.98 Å². The van der Waals surface area contributed by atoms with Crippen LogP contribution < -0.4 is 5.32 Å². The topological polar surface area (TPSA) is 24.9 Å². The van der Waals surface area contributed by atoms with Crippen LogP contribution in [0.1, 0.15) is 22.9 Å². The number of para-hydroxylation sites is 1. The molecule has 4 rings (SSSR count). The lowest BCUT2D eigenvalue weighted by molar-refractivity contribution is 0.403. The van der Waals surface area contributed by atoms with Gasteiger partial charge in [-0.25, -0.2) is 4.39 Å². The number of aromatic nitrogens is 1. The molecule has 0 saturated heterocycles. The fourth-order valence-electron chi connectivity index (χ4n) is 3.01. The Labute approximate surface area is 122 Å². The molecule has 21 heavy (non-hydrogen) atoms. The van der Waals surface area contributed by atoms with Gasteiger partial charge in [-0.1, -0.05) is 30.3 Å². The first kappa shape index (κ1) is 12.3. The number of alkyl halides is 1. The predicted octanol–water partition coefficient (Wildman–Crippen LogP) is 4.26. The molecular weight excluding hydrogens is 263 g/mol. The van der Waals surface area contributed by atoms with Gasteiger partial charge in [0, 0.05) is 29.4 Å². The number of pyridine rings is 1. The molecule has 0 aliphatic carbocycles. The summed E-state index contributed by atoms with van der Waals surface area (Å²) in [6, 6.07) is 15.3. The highest BCUT2D eigenvalue weighted by Gasteiger charge is 2.21. The van der Waals surface area contributed by atoms with Crippen LogP contribution in [0, 0.1) is 0 Å². The molecule has 104 valence electrons. The van der Waals surface area contributed by atoms with Crippen LogP contribution in [0.5, 0.6) is 0 Å². The molecule has 1 unspecified atom stereocenters. The van der Waals surface area contributed by atoms with Crippen molar-refractivity contribution in [2.24, 2.45) is 0 Å². The highest BCUT2D eigenvalue weighted by atomic mass is 19.1. The van der Waals surface area contributed by atoms with Crippen molar-refractivity contribution in [3.05, 3.63) is 71.4 Å². The van der Waals surface area contributed by atoms with Crippen molar-refractivity contribution < 1.29 is 4.39 Å². The first-order chi connectivity index (χ1) is 10.3. The maximum absolute atomic E-state index is 15.0. The molecule has 1 aliphatic rings. The monoisotopic (exact) mass is 278 g/mol. The van der Waals surface area contributed by atoms with E-state index in [0.29, 0.717) is 5.56 Å². The fraction of sp³-hybridized carbons (Fsp3) is 0.167. The van der Waals surface area contributed by atoms with Crippen molar-refractivity contribution in [1.82, 2.24) is 4.98 Å². The van der Waals surface area contributed by atoms with Crippen molar-refractivity contribution in [2.75, 3.05) is 11.9 Å². The molecule has 0 spiro atoms. The third kappa shape index (κ3) is 2.05. The van der Waals surface area contributed by atoms with Crippen molar-refractivity contribution in [1.29, 1.82) is 0 Å². The Kier molecular flexibility index (Phi) is 2.85. The summed E-state index contributed by atoms with van der Waals surface area (Å²) in [6.07, 6.45) is 1.61. The van der Waals surface area contributed by atoms with Gasteiger partial charge in [0.05, 0.1) is 5.52 Å². The van der Waals surface area contributed by atoms with Crippen LogP contribution in [0.15, 0.2) is 54.7 Å². The maximum atomic E-state index is 15.0. The standard InChI is InChI=1S/C18H15FN2/c19-17(15-5-1-3-12-8-10-21-18(12)15)14-6-7-16-13(11-14)4-2-9-20-16/h1-7,9,11,17,21H,8,10H2. The van der Waals surface area contributed by atoms with Gasteiger partial charge in [0.15, 0.2) is 6.17 Å².